The molecule has 1 atom stereocenters. The van der Waals surface area contributed by atoms with Gasteiger partial charge in [-0.3, -0.25) is 19.2 Å². The Hall–Kier alpha value is -2.93. The number of thiophene rings is 1. The standard InChI is InChI=1S/C28H34N4O2S/c1-19-13-14-22(16-20(19)2)32-26(33)24-17-23(25-12-9-15-35-25)30-31(24)18-28(32,3)27(34)29-21-10-7-5-4-6-8-11-21/h9,12-17,21H,4-8,10-11,18H2,1-3H3,(H,29,34). The van der Waals surface area contributed by atoms with Gasteiger partial charge in [0.15, 0.2) is 0 Å². The van der Waals surface area contributed by atoms with Gasteiger partial charge in [-0.05, 0) is 74.4 Å². The van der Waals surface area contributed by atoms with Gasteiger partial charge < -0.3 is 5.32 Å². The summed E-state index contributed by atoms with van der Waals surface area (Å²) in [5, 5.41) is 10.1. The highest BCUT2D eigenvalue weighted by Crippen LogP contribution is 2.36. The Morgan fingerprint density at radius 3 is 2.49 bits per heavy atom. The maximum Gasteiger partial charge on any atom is 0.277 e. The Kier molecular flexibility index (Phi) is 6.53. The van der Waals surface area contributed by atoms with Gasteiger partial charge in [0.05, 0.1) is 11.4 Å². The molecule has 35 heavy (non-hydrogen) atoms. The van der Waals surface area contributed by atoms with Gasteiger partial charge in [-0.2, -0.15) is 5.10 Å². The fraction of sp³-hybridized carbons (Fsp3) is 0.464. The Balaban J connectivity index is 1.54. The molecule has 1 aliphatic heterocycles. The second-order valence-electron chi connectivity index (χ2n) is 10.2. The number of nitrogens with zero attached hydrogens (tertiary/aromatic N) is 3. The molecule has 1 aliphatic carbocycles. The second-order valence-corrected chi connectivity index (χ2v) is 11.2. The molecule has 7 heteroatoms. The van der Waals surface area contributed by atoms with Crippen LogP contribution in [-0.2, 0) is 11.3 Å². The molecule has 3 heterocycles. The highest BCUT2D eigenvalue weighted by atomic mass is 32.1. The first kappa shape index (κ1) is 23.8. The number of aryl methyl sites for hydroxylation is 2. The summed E-state index contributed by atoms with van der Waals surface area (Å²) in [4.78, 5) is 30.7. The summed E-state index contributed by atoms with van der Waals surface area (Å²) >= 11 is 1.59. The smallest absolute Gasteiger partial charge is 0.277 e. The van der Waals surface area contributed by atoms with Gasteiger partial charge in [0, 0.05) is 11.7 Å². The quantitative estimate of drug-likeness (QED) is 0.497. The molecule has 1 unspecified atom stereocenters. The van der Waals surface area contributed by atoms with E-state index in [9.17, 15) is 9.59 Å². The molecule has 184 valence electrons. The van der Waals surface area contributed by atoms with E-state index >= 15 is 0 Å². The minimum absolute atomic E-state index is 0.103. The van der Waals surface area contributed by atoms with Crippen LogP contribution in [0, 0.1) is 13.8 Å². The van der Waals surface area contributed by atoms with Crippen LogP contribution in [0.3, 0.4) is 0 Å². The van der Waals surface area contributed by atoms with Crippen molar-refractivity contribution in [3.8, 4) is 10.6 Å². The summed E-state index contributed by atoms with van der Waals surface area (Å²) in [6, 6.07) is 12.0. The Labute approximate surface area is 211 Å². The van der Waals surface area contributed by atoms with Gasteiger partial charge in [-0.1, -0.05) is 44.2 Å². The molecule has 3 aromatic rings. The minimum Gasteiger partial charge on any atom is -0.351 e. The molecule has 0 bridgehead atoms. The summed E-state index contributed by atoms with van der Waals surface area (Å²) in [5.41, 5.74) is 3.20. The fourth-order valence-corrected chi connectivity index (χ4v) is 6.02. The third-order valence-corrected chi connectivity index (χ3v) is 8.50. The summed E-state index contributed by atoms with van der Waals surface area (Å²) in [7, 11) is 0. The molecular formula is C28H34N4O2S. The van der Waals surface area contributed by atoms with Crippen LogP contribution >= 0.6 is 11.3 Å². The monoisotopic (exact) mass is 490 g/mol. The average Bonchev–Trinajstić information content (AvgIpc) is 3.48. The number of hydrogen-bond donors (Lipinski definition) is 1. The van der Waals surface area contributed by atoms with Crippen molar-refractivity contribution in [2.45, 2.75) is 83.8 Å². The maximum atomic E-state index is 14.0. The van der Waals surface area contributed by atoms with Crippen molar-refractivity contribution in [2.75, 3.05) is 4.90 Å². The molecule has 2 aromatic heterocycles. The van der Waals surface area contributed by atoms with E-state index in [0.717, 1.165) is 53.1 Å². The first-order valence-corrected chi connectivity index (χ1v) is 13.6. The predicted molar refractivity (Wildman–Crippen MR) is 141 cm³/mol. The van der Waals surface area contributed by atoms with Crippen LogP contribution in [0.1, 0.15) is 73.5 Å². The average molecular weight is 491 g/mol. The van der Waals surface area contributed by atoms with Crippen LogP contribution in [-0.4, -0.2) is 33.2 Å². The van der Waals surface area contributed by atoms with E-state index < -0.39 is 5.54 Å². The van der Waals surface area contributed by atoms with Gasteiger partial charge in [0.2, 0.25) is 5.91 Å². The van der Waals surface area contributed by atoms with Gasteiger partial charge in [-0.15, -0.1) is 11.3 Å². The lowest BCUT2D eigenvalue weighted by Gasteiger charge is -2.44. The SMILES string of the molecule is Cc1ccc(N2C(=O)c3cc(-c4cccs4)nn3CC2(C)C(=O)NC2CCCCCCC2)cc1C. The molecule has 0 spiro atoms. The number of aromatic nitrogens is 2. The number of hydrogen-bond acceptors (Lipinski definition) is 4. The van der Waals surface area contributed by atoms with Crippen molar-refractivity contribution in [3.05, 3.63) is 58.6 Å². The Morgan fingerprint density at radius 1 is 1.06 bits per heavy atom. The summed E-state index contributed by atoms with van der Waals surface area (Å²) < 4.78 is 1.73. The largest absolute Gasteiger partial charge is 0.351 e. The molecule has 1 fully saturated rings. The molecule has 2 aliphatic rings. The number of nitrogens with one attached hydrogen (secondary N) is 1. The summed E-state index contributed by atoms with van der Waals surface area (Å²) in [6.45, 7) is 6.29. The zero-order chi connectivity index (χ0) is 24.6. The Bertz CT molecular complexity index is 1220. The van der Waals surface area contributed by atoms with Crippen molar-refractivity contribution in [1.29, 1.82) is 0 Å². The van der Waals surface area contributed by atoms with Crippen molar-refractivity contribution >= 4 is 28.8 Å². The highest BCUT2D eigenvalue weighted by Gasteiger charge is 2.49. The highest BCUT2D eigenvalue weighted by molar-refractivity contribution is 7.13. The van der Waals surface area contributed by atoms with E-state index in [0.29, 0.717) is 12.2 Å². The van der Waals surface area contributed by atoms with E-state index in [1.807, 2.05) is 55.6 Å². The lowest BCUT2D eigenvalue weighted by atomic mass is 9.91. The van der Waals surface area contributed by atoms with E-state index in [4.69, 9.17) is 5.10 Å². The molecule has 2 amide bonds. The molecule has 1 N–H and O–H groups in total. The number of carbonyl (C=O) groups is 2. The van der Waals surface area contributed by atoms with Gasteiger partial charge >= 0.3 is 0 Å². The third-order valence-electron chi connectivity index (χ3n) is 7.61. The van der Waals surface area contributed by atoms with Crippen LogP contribution < -0.4 is 10.2 Å². The van der Waals surface area contributed by atoms with E-state index in [1.165, 1.54) is 19.3 Å². The van der Waals surface area contributed by atoms with Crippen molar-refractivity contribution in [2.24, 2.45) is 0 Å². The van der Waals surface area contributed by atoms with Crippen molar-refractivity contribution in [1.82, 2.24) is 15.1 Å². The molecule has 0 radical (unpaired) electrons. The van der Waals surface area contributed by atoms with Gasteiger partial charge in [-0.25, -0.2) is 0 Å². The Morgan fingerprint density at radius 2 is 1.80 bits per heavy atom. The topological polar surface area (TPSA) is 67.2 Å². The molecule has 1 aromatic carbocycles. The lowest BCUT2D eigenvalue weighted by Crippen LogP contribution is -2.65. The number of anilines is 1. The number of carbonyl (C=O) groups excluding carboxylic acids is 2. The van der Waals surface area contributed by atoms with Crippen LogP contribution in [0.4, 0.5) is 5.69 Å². The predicted octanol–water partition coefficient (Wildman–Crippen LogP) is 5.88. The van der Waals surface area contributed by atoms with Crippen LogP contribution in [0.15, 0.2) is 41.8 Å². The minimum atomic E-state index is -1.09. The van der Waals surface area contributed by atoms with E-state index in [2.05, 4.69) is 12.2 Å². The second kappa shape index (κ2) is 9.61. The number of rotatable bonds is 4. The summed E-state index contributed by atoms with van der Waals surface area (Å²) in [5.74, 6) is -0.293. The number of fused-ring (bicyclic) bond motifs is 1. The molecule has 5 rings (SSSR count). The van der Waals surface area contributed by atoms with E-state index in [1.54, 1.807) is 20.9 Å². The lowest BCUT2D eigenvalue weighted by molar-refractivity contribution is -0.127. The zero-order valence-corrected chi connectivity index (χ0v) is 21.7. The zero-order valence-electron chi connectivity index (χ0n) is 20.8. The van der Waals surface area contributed by atoms with Crippen LogP contribution in [0.25, 0.3) is 10.6 Å². The van der Waals surface area contributed by atoms with Gasteiger partial charge in [0.1, 0.15) is 16.9 Å². The van der Waals surface area contributed by atoms with Crippen LogP contribution in [0.5, 0.6) is 0 Å². The number of amides is 2. The first-order valence-electron chi connectivity index (χ1n) is 12.7. The van der Waals surface area contributed by atoms with Crippen molar-refractivity contribution in [3.63, 3.8) is 0 Å². The van der Waals surface area contributed by atoms with Gasteiger partial charge in [0.25, 0.3) is 5.91 Å². The van der Waals surface area contributed by atoms with Crippen molar-refractivity contribution < 1.29 is 9.59 Å². The number of benzene rings is 1. The maximum absolute atomic E-state index is 14.0. The molecule has 6 nitrogen and oxygen atoms in total. The molecule has 1 saturated carbocycles. The summed E-state index contributed by atoms with van der Waals surface area (Å²) in [6.07, 6.45) is 7.98. The molecule has 0 saturated heterocycles. The first-order chi connectivity index (χ1) is 16.9. The normalized spacial score (nSPS) is 21.3. The van der Waals surface area contributed by atoms with Crippen LogP contribution in [0.2, 0.25) is 0 Å². The fourth-order valence-electron chi connectivity index (χ4n) is 5.34. The molecular weight excluding hydrogens is 456 g/mol. The third kappa shape index (κ3) is 4.54. The van der Waals surface area contributed by atoms with E-state index in [-0.39, 0.29) is 17.9 Å².